The van der Waals surface area contributed by atoms with E-state index in [0.717, 1.165) is 31.2 Å². The van der Waals surface area contributed by atoms with Crippen molar-refractivity contribution in [3.05, 3.63) is 30.1 Å². The molecule has 2 heterocycles. The predicted octanol–water partition coefficient (Wildman–Crippen LogP) is 1.42. The van der Waals surface area contributed by atoms with E-state index in [1.54, 1.807) is 10.7 Å². The molecule has 0 radical (unpaired) electrons. The molecule has 2 aromatic rings. The first-order valence-electron chi connectivity index (χ1n) is 7.58. The standard InChI is InChI=1S/C15H19N5O3/c16-14(21)9-8-17-20-7-3-6-12(20)13(9)18-10-4-1-2-5-11(10)19-15(22)23/h3,6-8,10-11,18-19H,1-2,4-5H2,(H2,16,21)(H,22,23)/t10-,11-/m1/s1. The molecule has 23 heavy (non-hydrogen) atoms. The van der Waals surface area contributed by atoms with Crippen LogP contribution in [0.4, 0.5) is 10.5 Å². The van der Waals surface area contributed by atoms with Gasteiger partial charge in [0.25, 0.3) is 5.91 Å². The molecule has 122 valence electrons. The van der Waals surface area contributed by atoms with Crippen molar-refractivity contribution < 1.29 is 14.7 Å². The van der Waals surface area contributed by atoms with E-state index in [1.807, 2.05) is 12.1 Å². The van der Waals surface area contributed by atoms with Crippen LogP contribution in [0.15, 0.2) is 24.5 Å². The summed E-state index contributed by atoms with van der Waals surface area (Å²) in [5.74, 6) is -0.567. The maximum Gasteiger partial charge on any atom is 0.404 e. The van der Waals surface area contributed by atoms with E-state index in [-0.39, 0.29) is 12.1 Å². The Balaban J connectivity index is 1.95. The van der Waals surface area contributed by atoms with Crippen LogP contribution in [-0.4, -0.2) is 38.8 Å². The number of nitrogens with zero attached hydrogens (tertiary/aromatic N) is 2. The van der Waals surface area contributed by atoms with Gasteiger partial charge in [0.1, 0.15) is 0 Å². The van der Waals surface area contributed by atoms with Crippen LogP contribution in [0, 0.1) is 0 Å². The molecule has 2 atom stereocenters. The summed E-state index contributed by atoms with van der Waals surface area (Å²) in [6.07, 6.45) is 5.73. The first kappa shape index (κ1) is 15.1. The van der Waals surface area contributed by atoms with Crippen molar-refractivity contribution in [2.75, 3.05) is 5.32 Å². The molecule has 0 bridgehead atoms. The third-order valence-electron chi connectivity index (χ3n) is 4.23. The fraction of sp³-hybridized carbons (Fsp3) is 0.400. The van der Waals surface area contributed by atoms with E-state index in [1.165, 1.54) is 6.20 Å². The maximum atomic E-state index is 11.7. The number of anilines is 1. The van der Waals surface area contributed by atoms with Crippen molar-refractivity contribution in [1.82, 2.24) is 14.9 Å². The number of nitrogens with one attached hydrogen (secondary N) is 2. The first-order chi connectivity index (χ1) is 11.1. The molecule has 0 saturated heterocycles. The van der Waals surface area contributed by atoms with Crippen LogP contribution in [0.2, 0.25) is 0 Å². The van der Waals surface area contributed by atoms with E-state index in [0.29, 0.717) is 11.3 Å². The first-order valence-corrected chi connectivity index (χ1v) is 7.58. The molecule has 1 aliphatic rings. The zero-order valence-electron chi connectivity index (χ0n) is 12.5. The maximum absolute atomic E-state index is 11.7. The van der Waals surface area contributed by atoms with E-state index < -0.39 is 12.0 Å². The summed E-state index contributed by atoms with van der Waals surface area (Å²) in [7, 11) is 0. The van der Waals surface area contributed by atoms with Crippen molar-refractivity contribution in [2.45, 2.75) is 37.8 Å². The highest BCUT2D eigenvalue weighted by atomic mass is 16.4. The number of amides is 2. The molecule has 0 aliphatic heterocycles. The lowest BCUT2D eigenvalue weighted by Gasteiger charge is -2.33. The number of rotatable bonds is 4. The van der Waals surface area contributed by atoms with Crippen molar-refractivity contribution in [1.29, 1.82) is 0 Å². The zero-order valence-corrected chi connectivity index (χ0v) is 12.5. The van der Waals surface area contributed by atoms with Crippen LogP contribution >= 0.6 is 0 Å². The molecule has 1 fully saturated rings. The lowest BCUT2D eigenvalue weighted by atomic mass is 9.90. The minimum absolute atomic E-state index is 0.0981. The number of hydrogen-bond donors (Lipinski definition) is 4. The Labute approximate surface area is 132 Å². The van der Waals surface area contributed by atoms with Crippen LogP contribution in [0.25, 0.3) is 5.52 Å². The van der Waals surface area contributed by atoms with Crippen molar-refractivity contribution in [3.8, 4) is 0 Å². The Bertz CT molecular complexity index is 742. The van der Waals surface area contributed by atoms with E-state index in [4.69, 9.17) is 10.8 Å². The highest BCUT2D eigenvalue weighted by Gasteiger charge is 2.28. The summed E-state index contributed by atoms with van der Waals surface area (Å²) >= 11 is 0. The summed E-state index contributed by atoms with van der Waals surface area (Å²) in [4.78, 5) is 22.7. The minimum atomic E-state index is -1.04. The Hall–Kier alpha value is -2.77. The second kappa shape index (κ2) is 6.15. The van der Waals surface area contributed by atoms with Gasteiger partial charge >= 0.3 is 6.09 Å². The smallest absolute Gasteiger partial charge is 0.404 e. The summed E-state index contributed by atoms with van der Waals surface area (Å²) in [5.41, 5.74) is 7.09. The number of aromatic nitrogens is 2. The van der Waals surface area contributed by atoms with Crippen LogP contribution < -0.4 is 16.4 Å². The molecule has 8 heteroatoms. The molecular formula is C15H19N5O3. The fourth-order valence-electron chi connectivity index (χ4n) is 3.15. The molecular weight excluding hydrogens is 298 g/mol. The van der Waals surface area contributed by atoms with Crippen LogP contribution in [-0.2, 0) is 0 Å². The fourth-order valence-corrected chi connectivity index (χ4v) is 3.15. The van der Waals surface area contributed by atoms with E-state index in [2.05, 4.69) is 15.7 Å². The number of nitrogens with two attached hydrogens (primary N) is 1. The van der Waals surface area contributed by atoms with E-state index >= 15 is 0 Å². The van der Waals surface area contributed by atoms with Crippen molar-refractivity contribution in [2.24, 2.45) is 5.73 Å². The normalized spacial score (nSPS) is 21.0. The van der Waals surface area contributed by atoms with Crippen LogP contribution in [0.5, 0.6) is 0 Å². The van der Waals surface area contributed by atoms with Gasteiger partial charge in [-0.2, -0.15) is 5.10 Å². The summed E-state index contributed by atoms with van der Waals surface area (Å²) in [6.45, 7) is 0. The van der Waals surface area contributed by atoms with Gasteiger partial charge in [-0.05, 0) is 25.0 Å². The van der Waals surface area contributed by atoms with Gasteiger partial charge in [-0.3, -0.25) is 4.79 Å². The molecule has 3 rings (SSSR count). The number of fused-ring (bicyclic) bond motifs is 1. The van der Waals surface area contributed by atoms with Gasteiger partial charge in [-0.25, -0.2) is 9.31 Å². The molecule has 0 aromatic carbocycles. The zero-order chi connectivity index (χ0) is 16.4. The Kier molecular flexibility index (Phi) is 4.05. The minimum Gasteiger partial charge on any atom is -0.465 e. The highest BCUT2D eigenvalue weighted by molar-refractivity contribution is 6.01. The molecule has 2 amide bonds. The molecule has 8 nitrogen and oxygen atoms in total. The van der Waals surface area contributed by atoms with Crippen LogP contribution in [0.1, 0.15) is 36.0 Å². The average Bonchev–Trinajstić information content (AvgIpc) is 2.97. The molecule has 0 unspecified atom stereocenters. The van der Waals surface area contributed by atoms with Crippen LogP contribution in [0.3, 0.4) is 0 Å². The molecule has 5 N–H and O–H groups in total. The second-order valence-corrected chi connectivity index (χ2v) is 5.73. The average molecular weight is 317 g/mol. The third-order valence-corrected chi connectivity index (χ3v) is 4.23. The monoisotopic (exact) mass is 317 g/mol. The van der Waals surface area contributed by atoms with Gasteiger partial charge in [-0.15, -0.1) is 0 Å². The SMILES string of the molecule is NC(=O)c1cnn2cccc2c1N[C@@H]1CCCC[C@H]1NC(=O)O. The largest absolute Gasteiger partial charge is 0.465 e. The molecule has 2 aromatic heterocycles. The molecule has 1 saturated carbocycles. The molecule has 1 aliphatic carbocycles. The number of primary amides is 1. The van der Waals surface area contributed by atoms with Crippen molar-refractivity contribution >= 4 is 23.2 Å². The molecule has 0 spiro atoms. The summed E-state index contributed by atoms with van der Waals surface area (Å²) in [5, 5.41) is 19.0. The van der Waals surface area contributed by atoms with Gasteiger partial charge in [0.05, 0.1) is 29.0 Å². The summed E-state index contributed by atoms with van der Waals surface area (Å²) in [6, 6.07) is 3.36. The van der Waals surface area contributed by atoms with Crippen molar-refractivity contribution in [3.63, 3.8) is 0 Å². The van der Waals surface area contributed by atoms with Gasteiger partial charge in [0.2, 0.25) is 0 Å². The summed E-state index contributed by atoms with van der Waals surface area (Å²) < 4.78 is 1.65. The van der Waals surface area contributed by atoms with Gasteiger partial charge in [-0.1, -0.05) is 12.8 Å². The number of carboxylic acid groups (broad SMARTS) is 1. The number of carbonyl (C=O) groups excluding carboxylic acids is 1. The quantitative estimate of drug-likeness (QED) is 0.679. The third kappa shape index (κ3) is 3.05. The topological polar surface area (TPSA) is 122 Å². The highest BCUT2D eigenvalue weighted by Crippen LogP contribution is 2.27. The van der Waals surface area contributed by atoms with Gasteiger partial charge < -0.3 is 21.5 Å². The predicted molar refractivity (Wildman–Crippen MR) is 84.5 cm³/mol. The Morgan fingerprint density at radius 2 is 2.04 bits per heavy atom. The van der Waals surface area contributed by atoms with Gasteiger partial charge in [0.15, 0.2) is 0 Å². The van der Waals surface area contributed by atoms with E-state index in [9.17, 15) is 9.59 Å². The number of carbonyl (C=O) groups is 2. The lowest BCUT2D eigenvalue weighted by Crippen LogP contribution is -2.48. The Morgan fingerprint density at radius 3 is 2.74 bits per heavy atom. The Morgan fingerprint density at radius 1 is 1.30 bits per heavy atom. The second-order valence-electron chi connectivity index (χ2n) is 5.73. The lowest BCUT2D eigenvalue weighted by molar-refractivity contribution is 0.100. The number of hydrogen-bond acceptors (Lipinski definition) is 4. The van der Waals surface area contributed by atoms with Gasteiger partial charge in [0, 0.05) is 12.2 Å².